The molecule has 0 unspecified atom stereocenters. The number of hydrogen-bond donors (Lipinski definition) is 1. The first-order valence-corrected chi connectivity index (χ1v) is 7.73. The number of aryl methyl sites for hydroxylation is 1. The lowest BCUT2D eigenvalue weighted by atomic mass is 10.1. The molecule has 0 heterocycles. The maximum absolute atomic E-state index is 5.45. The first kappa shape index (κ1) is 15.7. The molecule has 0 bridgehead atoms. The molecule has 3 nitrogen and oxygen atoms in total. The van der Waals surface area contributed by atoms with E-state index in [9.17, 15) is 0 Å². The Balaban J connectivity index is 2.09. The number of anilines is 1. The SMILES string of the molecule is CCOc1ccc(CNc2c(C)cc(Br)cc2OC)cc1. The van der Waals surface area contributed by atoms with E-state index in [1.54, 1.807) is 7.11 Å². The largest absolute Gasteiger partial charge is 0.495 e. The first-order chi connectivity index (χ1) is 10.1. The van der Waals surface area contributed by atoms with Crippen molar-refractivity contribution >= 4 is 21.6 Å². The third-order valence-electron chi connectivity index (χ3n) is 3.19. The molecule has 0 aromatic heterocycles. The number of nitrogens with one attached hydrogen (secondary N) is 1. The standard InChI is InChI=1S/C17H20BrNO2/c1-4-21-15-7-5-13(6-8-15)11-19-17-12(2)9-14(18)10-16(17)20-3/h5-10,19H,4,11H2,1-3H3. The van der Waals surface area contributed by atoms with Crippen molar-refractivity contribution in [3.8, 4) is 11.5 Å². The minimum absolute atomic E-state index is 0.687. The van der Waals surface area contributed by atoms with Crippen LogP contribution in [0.3, 0.4) is 0 Å². The first-order valence-electron chi connectivity index (χ1n) is 6.93. The number of halogens is 1. The molecule has 0 aliphatic carbocycles. The van der Waals surface area contributed by atoms with Gasteiger partial charge < -0.3 is 14.8 Å². The van der Waals surface area contributed by atoms with Crippen LogP contribution in [0.25, 0.3) is 0 Å². The van der Waals surface area contributed by atoms with E-state index in [0.717, 1.165) is 33.8 Å². The van der Waals surface area contributed by atoms with Crippen molar-refractivity contribution < 1.29 is 9.47 Å². The van der Waals surface area contributed by atoms with Gasteiger partial charge in [-0.3, -0.25) is 0 Å². The smallest absolute Gasteiger partial charge is 0.143 e. The Morgan fingerprint density at radius 2 is 1.86 bits per heavy atom. The summed E-state index contributed by atoms with van der Waals surface area (Å²) in [7, 11) is 1.68. The van der Waals surface area contributed by atoms with Crippen LogP contribution in [0.1, 0.15) is 18.1 Å². The molecule has 0 aliphatic rings. The van der Waals surface area contributed by atoms with E-state index in [1.807, 2.05) is 25.1 Å². The van der Waals surface area contributed by atoms with E-state index in [1.165, 1.54) is 5.56 Å². The summed E-state index contributed by atoms with van der Waals surface area (Å²) in [6.45, 7) is 5.48. The fourth-order valence-corrected chi connectivity index (χ4v) is 2.71. The molecule has 0 saturated heterocycles. The van der Waals surface area contributed by atoms with E-state index >= 15 is 0 Å². The van der Waals surface area contributed by atoms with Crippen molar-refractivity contribution in [2.45, 2.75) is 20.4 Å². The number of hydrogen-bond acceptors (Lipinski definition) is 3. The maximum Gasteiger partial charge on any atom is 0.143 e. The molecule has 0 spiro atoms. The minimum atomic E-state index is 0.687. The number of ether oxygens (including phenoxy) is 2. The van der Waals surface area contributed by atoms with Gasteiger partial charge >= 0.3 is 0 Å². The highest BCUT2D eigenvalue weighted by Gasteiger charge is 2.08. The lowest BCUT2D eigenvalue weighted by molar-refractivity contribution is 0.340. The van der Waals surface area contributed by atoms with Gasteiger partial charge in [-0.2, -0.15) is 0 Å². The van der Waals surface area contributed by atoms with Gasteiger partial charge in [0.15, 0.2) is 0 Å². The lowest BCUT2D eigenvalue weighted by Gasteiger charge is -2.15. The molecule has 0 radical (unpaired) electrons. The summed E-state index contributed by atoms with van der Waals surface area (Å²) < 4.78 is 11.9. The summed E-state index contributed by atoms with van der Waals surface area (Å²) in [5.74, 6) is 1.74. The topological polar surface area (TPSA) is 30.5 Å². The molecule has 0 amide bonds. The average molecular weight is 350 g/mol. The predicted octanol–water partition coefficient (Wildman–Crippen LogP) is 4.78. The molecule has 2 rings (SSSR count). The van der Waals surface area contributed by atoms with Crippen LogP contribution in [0, 0.1) is 6.92 Å². The molecule has 4 heteroatoms. The highest BCUT2D eigenvalue weighted by molar-refractivity contribution is 9.10. The van der Waals surface area contributed by atoms with E-state index in [2.05, 4.69) is 46.4 Å². The van der Waals surface area contributed by atoms with Gasteiger partial charge in [0.2, 0.25) is 0 Å². The molecule has 21 heavy (non-hydrogen) atoms. The Kier molecular flexibility index (Phi) is 5.51. The van der Waals surface area contributed by atoms with Gasteiger partial charge in [-0.25, -0.2) is 0 Å². The normalized spacial score (nSPS) is 10.3. The molecular formula is C17H20BrNO2. The minimum Gasteiger partial charge on any atom is -0.495 e. The molecule has 0 fully saturated rings. The van der Waals surface area contributed by atoms with Crippen LogP contribution >= 0.6 is 15.9 Å². The zero-order valence-corrected chi connectivity index (χ0v) is 14.2. The second-order valence-electron chi connectivity index (χ2n) is 4.73. The number of methoxy groups -OCH3 is 1. The van der Waals surface area contributed by atoms with Crippen LogP contribution in [-0.2, 0) is 6.54 Å². The molecule has 1 N–H and O–H groups in total. The molecule has 112 valence electrons. The Hall–Kier alpha value is -1.68. The third kappa shape index (κ3) is 4.14. The molecule has 0 atom stereocenters. The monoisotopic (exact) mass is 349 g/mol. The Bertz CT molecular complexity index is 596. The summed E-state index contributed by atoms with van der Waals surface area (Å²) >= 11 is 3.48. The summed E-state index contributed by atoms with van der Waals surface area (Å²) in [6, 6.07) is 12.2. The Morgan fingerprint density at radius 3 is 2.48 bits per heavy atom. The van der Waals surface area contributed by atoms with Crippen molar-refractivity contribution in [3.05, 3.63) is 52.0 Å². The van der Waals surface area contributed by atoms with Crippen LogP contribution in [0.4, 0.5) is 5.69 Å². The van der Waals surface area contributed by atoms with Crippen molar-refractivity contribution in [2.75, 3.05) is 19.0 Å². The van der Waals surface area contributed by atoms with Gasteiger partial charge in [0.1, 0.15) is 11.5 Å². The van der Waals surface area contributed by atoms with Gasteiger partial charge in [0.25, 0.3) is 0 Å². The van der Waals surface area contributed by atoms with Crippen molar-refractivity contribution in [3.63, 3.8) is 0 Å². The highest BCUT2D eigenvalue weighted by Crippen LogP contribution is 2.32. The Morgan fingerprint density at radius 1 is 1.14 bits per heavy atom. The zero-order chi connectivity index (χ0) is 15.2. The quantitative estimate of drug-likeness (QED) is 0.814. The number of benzene rings is 2. The van der Waals surface area contributed by atoms with Crippen molar-refractivity contribution in [1.29, 1.82) is 0 Å². The molecule has 2 aromatic rings. The molecule has 0 saturated carbocycles. The molecule has 2 aromatic carbocycles. The summed E-state index contributed by atoms with van der Waals surface area (Å²) in [5, 5.41) is 3.44. The van der Waals surface area contributed by atoms with Crippen LogP contribution < -0.4 is 14.8 Å². The zero-order valence-electron chi connectivity index (χ0n) is 12.6. The third-order valence-corrected chi connectivity index (χ3v) is 3.65. The van der Waals surface area contributed by atoms with Crippen LogP contribution in [0.5, 0.6) is 11.5 Å². The molecular weight excluding hydrogens is 330 g/mol. The van der Waals surface area contributed by atoms with Gasteiger partial charge in [-0.05, 0) is 49.2 Å². The fraction of sp³-hybridized carbons (Fsp3) is 0.294. The average Bonchev–Trinajstić information content (AvgIpc) is 2.47. The van der Waals surface area contributed by atoms with Gasteiger partial charge in [0, 0.05) is 11.0 Å². The van der Waals surface area contributed by atoms with Gasteiger partial charge in [-0.1, -0.05) is 28.1 Å². The lowest BCUT2D eigenvalue weighted by Crippen LogP contribution is -2.03. The Labute approximate surface area is 134 Å². The van der Waals surface area contributed by atoms with Crippen LogP contribution in [0.15, 0.2) is 40.9 Å². The predicted molar refractivity (Wildman–Crippen MR) is 90.4 cm³/mol. The van der Waals surface area contributed by atoms with Crippen molar-refractivity contribution in [1.82, 2.24) is 0 Å². The summed E-state index contributed by atoms with van der Waals surface area (Å²) in [4.78, 5) is 0. The van der Waals surface area contributed by atoms with E-state index in [-0.39, 0.29) is 0 Å². The fourth-order valence-electron chi connectivity index (χ4n) is 2.16. The van der Waals surface area contributed by atoms with Crippen LogP contribution in [0.2, 0.25) is 0 Å². The highest BCUT2D eigenvalue weighted by atomic mass is 79.9. The van der Waals surface area contributed by atoms with E-state index in [4.69, 9.17) is 9.47 Å². The van der Waals surface area contributed by atoms with Gasteiger partial charge in [0.05, 0.1) is 19.4 Å². The maximum atomic E-state index is 5.45. The van der Waals surface area contributed by atoms with E-state index in [0.29, 0.717) is 6.61 Å². The second-order valence-corrected chi connectivity index (χ2v) is 5.65. The van der Waals surface area contributed by atoms with Crippen LogP contribution in [-0.4, -0.2) is 13.7 Å². The van der Waals surface area contributed by atoms with Gasteiger partial charge in [-0.15, -0.1) is 0 Å². The van der Waals surface area contributed by atoms with E-state index < -0.39 is 0 Å². The number of rotatable bonds is 6. The van der Waals surface area contributed by atoms with Crippen molar-refractivity contribution in [2.24, 2.45) is 0 Å². The second kappa shape index (κ2) is 7.36. The summed E-state index contributed by atoms with van der Waals surface area (Å²) in [6.07, 6.45) is 0. The molecule has 0 aliphatic heterocycles. The summed E-state index contributed by atoms with van der Waals surface area (Å²) in [5.41, 5.74) is 3.37.